The fourth-order valence-electron chi connectivity index (χ4n) is 2.29. The Hall–Kier alpha value is -0.830. The predicted octanol–water partition coefficient (Wildman–Crippen LogP) is 3.43. The summed E-state index contributed by atoms with van der Waals surface area (Å²) in [6.45, 7) is 1.98. The summed E-state index contributed by atoms with van der Waals surface area (Å²) in [4.78, 5) is 12.7. The Morgan fingerprint density at radius 2 is 1.88 bits per heavy atom. The molecule has 0 heterocycles. The minimum Gasteiger partial charge on any atom is -0.349 e. The van der Waals surface area contributed by atoms with Crippen LogP contribution in [0.2, 0.25) is 0 Å². The molecule has 1 fully saturated rings. The maximum Gasteiger partial charge on any atom is 0.251 e. The summed E-state index contributed by atoms with van der Waals surface area (Å²) in [5.74, 6) is 0.0705. The molecular weight excluding hydrogens is 278 g/mol. The van der Waals surface area contributed by atoms with Crippen LogP contribution in [-0.4, -0.2) is 16.8 Å². The van der Waals surface area contributed by atoms with Crippen molar-refractivity contribution >= 4 is 21.8 Å². The second-order valence-electron chi connectivity index (χ2n) is 4.74. The van der Waals surface area contributed by atoms with E-state index in [1.165, 1.54) is 0 Å². The van der Waals surface area contributed by atoms with Crippen molar-refractivity contribution in [3.8, 4) is 0 Å². The molecule has 0 unspecified atom stereocenters. The highest BCUT2D eigenvalue weighted by Gasteiger charge is 2.21. The third-order valence-electron chi connectivity index (χ3n) is 3.38. The van der Waals surface area contributed by atoms with Crippen molar-refractivity contribution in [1.82, 2.24) is 5.32 Å². The highest BCUT2D eigenvalue weighted by molar-refractivity contribution is 9.09. The standard InChI is InChI=1S/C14H18BrNO/c1-10-4-2-3-5-13(10)14(17)16-12-8-6-11(15)7-9-12/h2-5,11-12H,6-9H2,1H3,(H,16,17). The molecule has 1 aromatic rings. The number of carbonyl (C=O) groups excluding carboxylic acids is 1. The van der Waals surface area contributed by atoms with Crippen molar-refractivity contribution in [2.75, 3.05) is 0 Å². The lowest BCUT2D eigenvalue weighted by molar-refractivity contribution is 0.0927. The lowest BCUT2D eigenvalue weighted by Crippen LogP contribution is -2.38. The van der Waals surface area contributed by atoms with Crippen LogP contribution in [0.15, 0.2) is 24.3 Å². The van der Waals surface area contributed by atoms with Gasteiger partial charge in [0.05, 0.1) is 0 Å². The number of aryl methyl sites for hydroxylation is 1. The predicted molar refractivity (Wildman–Crippen MR) is 73.6 cm³/mol. The Morgan fingerprint density at radius 1 is 1.24 bits per heavy atom. The van der Waals surface area contributed by atoms with Crippen LogP contribution >= 0.6 is 15.9 Å². The van der Waals surface area contributed by atoms with E-state index in [2.05, 4.69) is 21.2 Å². The molecule has 92 valence electrons. The van der Waals surface area contributed by atoms with Gasteiger partial charge in [-0.15, -0.1) is 0 Å². The monoisotopic (exact) mass is 295 g/mol. The van der Waals surface area contributed by atoms with Gasteiger partial charge in [-0.3, -0.25) is 4.79 Å². The molecule has 0 atom stereocenters. The minimum atomic E-state index is 0.0705. The quantitative estimate of drug-likeness (QED) is 0.832. The summed E-state index contributed by atoms with van der Waals surface area (Å²) >= 11 is 3.63. The van der Waals surface area contributed by atoms with Crippen LogP contribution in [0.4, 0.5) is 0 Å². The number of rotatable bonds is 2. The van der Waals surface area contributed by atoms with Crippen LogP contribution in [0.25, 0.3) is 0 Å². The minimum absolute atomic E-state index is 0.0705. The van der Waals surface area contributed by atoms with E-state index in [4.69, 9.17) is 0 Å². The summed E-state index contributed by atoms with van der Waals surface area (Å²) in [6, 6.07) is 8.08. The topological polar surface area (TPSA) is 29.1 Å². The number of benzene rings is 1. The molecule has 17 heavy (non-hydrogen) atoms. The Labute approximate surface area is 111 Å². The van der Waals surface area contributed by atoms with Crippen molar-refractivity contribution in [1.29, 1.82) is 0 Å². The second kappa shape index (κ2) is 5.67. The highest BCUT2D eigenvalue weighted by atomic mass is 79.9. The van der Waals surface area contributed by atoms with E-state index in [1.54, 1.807) is 0 Å². The first-order valence-corrected chi connectivity index (χ1v) is 7.09. The zero-order chi connectivity index (χ0) is 12.3. The Bertz CT molecular complexity index is 397. The van der Waals surface area contributed by atoms with E-state index in [-0.39, 0.29) is 5.91 Å². The maximum atomic E-state index is 12.1. The van der Waals surface area contributed by atoms with Crippen LogP contribution < -0.4 is 5.32 Å². The average molecular weight is 296 g/mol. The molecule has 1 aliphatic rings. The third kappa shape index (κ3) is 3.32. The molecule has 0 aromatic heterocycles. The van der Waals surface area contributed by atoms with E-state index in [1.807, 2.05) is 31.2 Å². The normalized spacial score (nSPS) is 24.4. The zero-order valence-electron chi connectivity index (χ0n) is 10.1. The lowest BCUT2D eigenvalue weighted by Gasteiger charge is -2.26. The number of alkyl halides is 1. The number of hydrogen-bond acceptors (Lipinski definition) is 1. The summed E-state index contributed by atoms with van der Waals surface area (Å²) in [5, 5.41) is 3.14. The molecule has 2 rings (SSSR count). The first kappa shape index (κ1) is 12.6. The third-order valence-corrected chi connectivity index (χ3v) is 4.30. The number of nitrogens with one attached hydrogen (secondary N) is 1. The van der Waals surface area contributed by atoms with Crippen molar-refractivity contribution in [3.63, 3.8) is 0 Å². The maximum absolute atomic E-state index is 12.1. The second-order valence-corrected chi connectivity index (χ2v) is 6.03. The number of carbonyl (C=O) groups is 1. The van der Waals surface area contributed by atoms with Gasteiger partial charge in [0.15, 0.2) is 0 Å². The van der Waals surface area contributed by atoms with Crippen LogP contribution in [0.5, 0.6) is 0 Å². The van der Waals surface area contributed by atoms with Gasteiger partial charge < -0.3 is 5.32 Å². The highest BCUT2D eigenvalue weighted by Crippen LogP contribution is 2.24. The van der Waals surface area contributed by atoms with E-state index >= 15 is 0 Å². The number of halogens is 1. The number of amides is 1. The summed E-state index contributed by atoms with van der Waals surface area (Å²) in [7, 11) is 0. The molecule has 0 saturated heterocycles. The summed E-state index contributed by atoms with van der Waals surface area (Å²) in [6.07, 6.45) is 4.46. The van der Waals surface area contributed by atoms with Gasteiger partial charge in [0, 0.05) is 16.4 Å². The van der Waals surface area contributed by atoms with Crippen molar-refractivity contribution in [3.05, 3.63) is 35.4 Å². The fraction of sp³-hybridized carbons (Fsp3) is 0.500. The van der Waals surface area contributed by atoms with Gasteiger partial charge in [-0.1, -0.05) is 34.1 Å². The Morgan fingerprint density at radius 3 is 2.53 bits per heavy atom. The zero-order valence-corrected chi connectivity index (χ0v) is 11.7. The van der Waals surface area contributed by atoms with Crippen molar-refractivity contribution in [2.45, 2.75) is 43.5 Å². The van der Waals surface area contributed by atoms with E-state index in [0.29, 0.717) is 10.9 Å². The van der Waals surface area contributed by atoms with Crippen molar-refractivity contribution < 1.29 is 4.79 Å². The smallest absolute Gasteiger partial charge is 0.251 e. The average Bonchev–Trinajstić information content (AvgIpc) is 2.32. The van der Waals surface area contributed by atoms with Gasteiger partial charge in [-0.2, -0.15) is 0 Å². The first-order chi connectivity index (χ1) is 8.16. The van der Waals surface area contributed by atoms with Crippen LogP contribution in [0.3, 0.4) is 0 Å². The molecule has 1 saturated carbocycles. The van der Waals surface area contributed by atoms with E-state index < -0.39 is 0 Å². The Kier molecular flexibility index (Phi) is 4.21. The molecule has 0 bridgehead atoms. The molecular formula is C14H18BrNO. The SMILES string of the molecule is Cc1ccccc1C(=O)NC1CCC(Br)CC1. The summed E-state index contributed by atoms with van der Waals surface area (Å²) < 4.78 is 0. The molecule has 2 nitrogen and oxygen atoms in total. The van der Waals surface area contributed by atoms with Gasteiger partial charge in [0.2, 0.25) is 0 Å². The van der Waals surface area contributed by atoms with Gasteiger partial charge in [-0.25, -0.2) is 0 Å². The van der Waals surface area contributed by atoms with Gasteiger partial charge in [-0.05, 0) is 44.2 Å². The molecule has 1 aliphatic carbocycles. The Balaban J connectivity index is 1.96. The molecule has 0 aliphatic heterocycles. The fourth-order valence-corrected chi connectivity index (χ4v) is 2.82. The first-order valence-electron chi connectivity index (χ1n) is 6.17. The summed E-state index contributed by atoms with van der Waals surface area (Å²) in [5.41, 5.74) is 1.84. The molecule has 0 radical (unpaired) electrons. The van der Waals surface area contributed by atoms with Crippen LogP contribution in [0.1, 0.15) is 41.6 Å². The lowest BCUT2D eigenvalue weighted by atomic mass is 9.95. The van der Waals surface area contributed by atoms with E-state index in [0.717, 1.165) is 36.8 Å². The van der Waals surface area contributed by atoms with Crippen molar-refractivity contribution in [2.24, 2.45) is 0 Å². The molecule has 3 heteroatoms. The molecule has 0 spiro atoms. The largest absolute Gasteiger partial charge is 0.349 e. The van der Waals surface area contributed by atoms with Gasteiger partial charge >= 0.3 is 0 Å². The van der Waals surface area contributed by atoms with Gasteiger partial charge in [0.25, 0.3) is 5.91 Å². The molecule has 1 N–H and O–H groups in total. The molecule has 1 aromatic carbocycles. The number of hydrogen-bond donors (Lipinski definition) is 1. The van der Waals surface area contributed by atoms with E-state index in [9.17, 15) is 4.79 Å². The van der Waals surface area contributed by atoms with Gasteiger partial charge in [0.1, 0.15) is 0 Å². The van der Waals surface area contributed by atoms with Crippen LogP contribution in [-0.2, 0) is 0 Å². The van der Waals surface area contributed by atoms with Crippen LogP contribution in [0, 0.1) is 6.92 Å². The molecule has 1 amide bonds.